The molecule has 1 saturated carbocycles. The van der Waals surface area contributed by atoms with Crippen molar-refractivity contribution in [2.75, 3.05) is 6.54 Å². The highest BCUT2D eigenvalue weighted by Crippen LogP contribution is 2.22. The number of carboxylic acid groups (broad SMARTS) is 2. The molecular formula is C11H19NO4. The maximum absolute atomic E-state index is 10.8. The Morgan fingerprint density at radius 3 is 2.31 bits per heavy atom. The van der Waals surface area contributed by atoms with Crippen LogP contribution in [0.5, 0.6) is 0 Å². The maximum atomic E-state index is 10.8. The van der Waals surface area contributed by atoms with Crippen molar-refractivity contribution in [3.05, 3.63) is 0 Å². The van der Waals surface area contributed by atoms with Crippen molar-refractivity contribution in [3.63, 3.8) is 0 Å². The molecule has 0 saturated heterocycles. The highest BCUT2D eigenvalue weighted by molar-refractivity contribution is 5.80. The molecule has 0 aromatic heterocycles. The Morgan fingerprint density at radius 1 is 1.19 bits per heavy atom. The van der Waals surface area contributed by atoms with Crippen LogP contribution in [0.3, 0.4) is 0 Å². The van der Waals surface area contributed by atoms with Crippen LogP contribution in [-0.2, 0) is 9.59 Å². The molecule has 0 amide bonds. The lowest BCUT2D eigenvalue weighted by Gasteiger charge is -2.23. The van der Waals surface area contributed by atoms with E-state index in [1.165, 1.54) is 19.3 Å². The molecule has 0 bridgehead atoms. The summed E-state index contributed by atoms with van der Waals surface area (Å²) in [5.41, 5.74) is 0. The van der Waals surface area contributed by atoms with E-state index in [4.69, 9.17) is 10.2 Å². The fourth-order valence-corrected chi connectivity index (χ4v) is 2.12. The standard InChI is InChI=1S/C11H19NO4/c13-10(14)6-9(11(15)16)12-7-8-4-2-1-3-5-8/h8-9,12H,1-7H2,(H,13,14)(H,15,16). The molecule has 0 aromatic carbocycles. The van der Waals surface area contributed by atoms with Crippen LogP contribution in [0.2, 0.25) is 0 Å². The first-order chi connectivity index (χ1) is 7.59. The van der Waals surface area contributed by atoms with E-state index >= 15 is 0 Å². The Balaban J connectivity index is 2.30. The zero-order chi connectivity index (χ0) is 12.0. The van der Waals surface area contributed by atoms with Gasteiger partial charge >= 0.3 is 11.9 Å². The number of hydrogen-bond acceptors (Lipinski definition) is 3. The van der Waals surface area contributed by atoms with Gasteiger partial charge in [0.05, 0.1) is 6.42 Å². The Labute approximate surface area is 94.8 Å². The van der Waals surface area contributed by atoms with E-state index in [9.17, 15) is 9.59 Å². The van der Waals surface area contributed by atoms with Gasteiger partial charge < -0.3 is 15.5 Å². The minimum Gasteiger partial charge on any atom is -0.481 e. The fraction of sp³-hybridized carbons (Fsp3) is 0.818. The van der Waals surface area contributed by atoms with Gasteiger partial charge in [-0.3, -0.25) is 9.59 Å². The third kappa shape index (κ3) is 4.61. The molecule has 3 N–H and O–H groups in total. The molecule has 1 aliphatic rings. The van der Waals surface area contributed by atoms with E-state index in [0.29, 0.717) is 12.5 Å². The van der Waals surface area contributed by atoms with Gasteiger partial charge in [0.1, 0.15) is 6.04 Å². The van der Waals surface area contributed by atoms with Gasteiger partial charge in [-0.25, -0.2) is 0 Å². The Bertz CT molecular complexity index is 248. The molecule has 5 heteroatoms. The van der Waals surface area contributed by atoms with Crippen LogP contribution >= 0.6 is 0 Å². The van der Waals surface area contributed by atoms with Crippen LogP contribution in [0.4, 0.5) is 0 Å². The molecule has 1 rings (SSSR count). The predicted octanol–water partition coefficient (Wildman–Crippen LogP) is 1.08. The van der Waals surface area contributed by atoms with Gasteiger partial charge in [-0.2, -0.15) is 0 Å². The number of carboxylic acids is 2. The Kier molecular flexibility index (Phi) is 5.25. The van der Waals surface area contributed by atoms with Gasteiger partial charge in [-0.05, 0) is 25.3 Å². The maximum Gasteiger partial charge on any atom is 0.321 e. The summed E-state index contributed by atoms with van der Waals surface area (Å²) in [4.78, 5) is 21.2. The molecule has 0 aromatic rings. The van der Waals surface area contributed by atoms with Gasteiger partial charge in [-0.15, -0.1) is 0 Å². The average molecular weight is 229 g/mol. The van der Waals surface area contributed by atoms with E-state index in [1.807, 2.05) is 0 Å². The van der Waals surface area contributed by atoms with Crippen LogP contribution in [-0.4, -0.2) is 34.7 Å². The molecule has 0 spiro atoms. The smallest absolute Gasteiger partial charge is 0.321 e. The lowest BCUT2D eigenvalue weighted by molar-refractivity contribution is -0.146. The highest BCUT2D eigenvalue weighted by Gasteiger charge is 2.22. The summed E-state index contributed by atoms with van der Waals surface area (Å²) in [6.07, 6.45) is 5.53. The molecule has 0 aliphatic heterocycles. The molecule has 16 heavy (non-hydrogen) atoms. The van der Waals surface area contributed by atoms with Crippen LogP contribution in [0.1, 0.15) is 38.5 Å². The van der Waals surface area contributed by atoms with E-state index in [-0.39, 0.29) is 6.42 Å². The van der Waals surface area contributed by atoms with Gasteiger partial charge in [0.25, 0.3) is 0 Å². The molecule has 5 nitrogen and oxygen atoms in total. The summed E-state index contributed by atoms with van der Waals surface area (Å²) in [6.45, 7) is 0.615. The second-order valence-electron chi connectivity index (χ2n) is 4.40. The topological polar surface area (TPSA) is 86.6 Å². The van der Waals surface area contributed by atoms with E-state index in [1.54, 1.807) is 0 Å². The summed E-state index contributed by atoms with van der Waals surface area (Å²) in [7, 11) is 0. The van der Waals surface area contributed by atoms with Crippen molar-refractivity contribution in [2.24, 2.45) is 5.92 Å². The lowest BCUT2D eigenvalue weighted by atomic mass is 9.89. The Morgan fingerprint density at radius 2 is 1.81 bits per heavy atom. The molecule has 1 fully saturated rings. The van der Waals surface area contributed by atoms with Gasteiger partial charge in [0.2, 0.25) is 0 Å². The normalized spacial score (nSPS) is 19.2. The van der Waals surface area contributed by atoms with Crippen LogP contribution in [0.25, 0.3) is 0 Å². The third-order valence-corrected chi connectivity index (χ3v) is 3.05. The number of hydrogen-bond donors (Lipinski definition) is 3. The fourth-order valence-electron chi connectivity index (χ4n) is 2.12. The first-order valence-electron chi connectivity index (χ1n) is 5.77. The van der Waals surface area contributed by atoms with Crippen molar-refractivity contribution < 1.29 is 19.8 Å². The monoisotopic (exact) mass is 229 g/mol. The summed E-state index contributed by atoms with van der Waals surface area (Å²) < 4.78 is 0. The number of carbonyl (C=O) groups is 2. The van der Waals surface area contributed by atoms with Crippen molar-refractivity contribution in [2.45, 2.75) is 44.6 Å². The second-order valence-corrected chi connectivity index (χ2v) is 4.40. The first-order valence-corrected chi connectivity index (χ1v) is 5.77. The van der Waals surface area contributed by atoms with Gasteiger partial charge in [-0.1, -0.05) is 19.3 Å². The lowest BCUT2D eigenvalue weighted by Crippen LogP contribution is -2.41. The zero-order valence-electron chi connectivity index (χ0n) is 9.32. The minimum absolute atomic E-state index is 0.359. The zero-order valence-corrected chi connectivity index (χ0v) is 9.32. The third-order valence-electron chi connectivity index (χ3n) is 3.05. The first kappa shape index (κ1) is 13.0. The molecule has 92 valence electrons. The molecule has 1 atom stereocenters. The van der Waals surface area contributed by atoms with Crippen molar-refractivity contribution >= 4 is 11.9 Å². The van der Waals surface area contributed by atoms with Crippen LogP contribution in [0.15, 0.2) is 0 Å². The van der Waals surface area contributed by atoms with Crippen LogP contribution < -0.4 is 5.32 Å². The molecular weight excluding hydrogens is 210 g/mol. The molecule has 1 unspecified atom stereocenters. The average Bonchev–Trinajstić information content (AvgIpc) is 2.25. The van der Waals surface area contributed by atoms with Crippen LogP contribution in [0, 0.1) is 5.92 Å². The van der Waals surface area contributed by atoms with Gasteiger partial charge in [0.15, 0.2) is 0 Å². The SMILES string of the molecule is O=C(O)CC(NCC1CCCCC1)C(=O)O. The van der Waals surface area contributed by atoms with Gasteiger partial charge in [0, 0.05) is 0 Å². The minimum atomic E-state index is -1.08. The van der Waals surface area contributed by atoms with E-state index < -0.39 is 18.0 Å². The number of rotatable bonds is 6. The largest absolute Gasteiger partial charge is 0.481 e. The molecule has 1 aliphatic carbocycles. The van der Waals surface area contributed by atoms with E-state index in [0.717, 1.165) is 12.8 Å². The summed E-state index contributed by atoms with van der Waals surface area (Å²) >= 11 is 0. The summed E-state index contributed by atoms with van der Waals surface area (Å²) in [5, 5.41) is 20.2. The van der Waals surface area contributed by atoms with E-state index in [2.05, 4.69) is 5.32 Å². The summed E-state index contributed by atoms with van der Waals surface area (Å²) in [5.74, 6) is -1.66. The van der Waals surface area contributed by atoms with Crippen molar-refractivity contribution in [3.8, 4) is 0 Å². The number of aliphatic carboxylic acids is 2. The highest BCUT2D eigenvalue weighted by atomic mass is 16.4. The predicted molar refractivity (Wildman–Crippen MR) is 58.3 cm³/mol. The molecule has 0 radical (unpaired) electrons. The van der Waals surface area contributed by atoms with Crippen molar-refractivity contribution in [1.82, 2.24) is 5.32 Å². The number of nitrogens with one attached hydrogen (secondary N) is 1. The quantitative estimate of drug-likeness (QED) is 0.634. The molecule has 0 heterocycles. The summed E-state index contributed by atoms with van der Waals surface area (Å²) in [6, 6.07) is -0.959. The van der Waals surface area contributed by atoms with Crippen molar-refractivity contribution in [1.29, 1.82) is 0 Å². The second kappa shape index (κ2) is 6.48. The Hall–Kier alpha value is -1.10.